The molecule has 2 aliphatic carbocycles. The molecule has 1 atom stereocenters. The van der Waals surface area contributed by atoms with E-state index in [1.165, 1.54) is 0 Å². The number of nitrogens with zero attached hydrogens (tertiary/aromatic N) is 5. The van der Waals surface area contributed by atoms with Crippen LogP contribution in [-0.2, 0) is 4.79 Å². The third-order valence-electron chi connectivity index (χ3n) is 7.12. The Balaban J connectivity index is 1.41. The van der Waals surface area contributed by atoms with Crippen molar-refractivity contribution in [2.24, 2.45) is 5.92 Å². The molecule has 0 bridgehead atoms. The van der Waals surface area contributed by atoms with Crippen LogP contribution >= 0.6 is 0 Å². The van der Waals surface area contributed by atoms with E-state index >= 15 is 0 Å². The number of hydrogen-bond acceptors (Lipinski definition) is 7. The Bertz CT molecular complexity index is 1210. The molecular weight excluding hydrogens is 452 g/mol. The van der Waals surface area contributed by atoms with Gasteiger partial charge in [0.25, 0.3) is 0 Å². The number of carbonyl (C=O) groups is 1. The predicted molar refractivity (Wildman–Crippen MR) is 140 cm³/mol. The largest absolute Gasteiger partial charge is 0.396 e. The number of nitrogens with one attached hydrogen (secondary N) is 1. The maximum atomic E-state index is 12.8. The molecule has 0 spiro atoms. The summed E-state index contributed by atoms with van der Waals surface area (Å²) in [5, 5.41) is 22.4. The maximum absolute atomic E-state index is 12.8. The summed E-state index contributed by atoms with van der Waals surface area (Å²) in [6.45, 7) is 5.76. The van der Waals surface area contributed by atoms with Gasteiger partial charge in [-0.3, -0.25) is 4.79 Å². The topological polar surface area (TPSA) is 105 Å². The Morgan fingerprint density at radius 3 is 2.81 bits per heavy atom. The average Bonchev–Trinajstić information content (AvgIpc) is 3.82. The van der Waals surface area contributed by atoms with E-state index in [1.54, 1.807) is 24.4 Å². The fraction of sp³-hybridized carbons (Fsp3) is 0.429. The SMILES string of the molecule is C=Cc1ccnc(Nc2cc(C#N)c(N3CCN(C(=O)C=CCCO)C(C4CC4)C3)nc2C2CC2)c1. The van der Waals surface area contributed by atoms with Crippen LogP contribution in [0, 0.1) is 17.2 Å². The Kier molecular flexibility index (Phi) is 7.01. The van der Waals surface area contributed by atoms with Crippen LogP contribution in [0.15, 0.2) is 43.1 Å². The molecule has 36 heavy (non-hydrogen) atoms. The Morgan fingerprint density at radius 1 is 1.28 bits per heavy atom. The lowest BCUT2D eigenvalue weighted by molar-refractivity contribution is -0.129. The zero-order valence-electron chi connectivity index (χ0n) is 20.4. The maximum Gasteiger partial charge on any atom is 0.246 e. The van der Waals surface area contributed by atoms with Gasteiger partial charge in [-0.05, 0) is 67.9 Å². The molecule has 0 aromatic carbocycles. The first kappa shape index (κ1) is 24.0. The first-order chi connectivity index (χ1) is 17.6. The van der Waals surface area contributed by atoms with E-state index in [4.69, 9.17) is 10.1 Å². The normalized spacial score (nSPS) is 19.8. The van der Waals surface area contributed by atoms with Crippen LogP contribution in [0.3, 0.4) is 0 Å². The number of aliphatic hydroxyl groups excluding tert-OH is 1. The van der Waals surface area contributed by atoms with Gasteiger partial charge in [0.15, 0.2) is 0 Å². The fourth-order valence-electron chi connectivity index (χ4n) is 4.90. The molecule has 3 fully saturated rings. The number of anilines is 3. The van der Waals surface area contributed by atoms with Gasteiger partial charge in [0, 0.05) is 38.4 Å². The van der Waals surface area contributed by atoms with Crippen LogP contribution in [0.1, 0.15) is 54.8 Å². The van der Waals surface area contributed by atoms with Gasteiger partial charge in [0.05, 0.1) is 23.0 Å². The summed E-state index contributed by atoms with van der Waals surface area (Å²) in [4.78, 5) is 26.5. The quantitative estimate of drug-likeness (QED) is 0.519. The van der Waals surface area contributed by atoms with Crippen molar-refractivity contribution in [2.75, 3.05) is 36.5 Å². The average molecular weight is 485 g/mol. The van der Waals surface area contributed by atoms with Crippen molar-refractivity contribution < 1.29 is 9.90 Å². The van der Waals surface area contributed by atoms with Crippen LogP contribution in [-0.4, -0.2) is 58.2 Å². The van der Waals surface area contributed by atoms with Crippen LogP contribution in [0.4, 0.5) is 17.3 Å². The van der Waals surface area contributed by atoms with Crippen molar-refractivity contribution in [2.45, 2.75) is 44.1 Å². The minimum atomic E-state index is 0.000868. The number of carbonyl (C=O) groups excluding carboxylic acids is 1. The lowest BCUT2D eigenvalue weighted by atomic mass is 10.0. The van der Waals surface area contributed by atoms with E-state index in [0.29, 0.717) is 55.1 Å². The fourth-order valence-corrected chi connectivity index (χ4v) is 4.90. The van der Waals surface area contributed by atoms with Crippen LogP contribution in [0.25, 0.3) is 6.08 Å². The molecule has 186 valence electrons. The summed E-state index contributed by atoms with van der Waals surface area (Å²) in [7, 11) is 0. The molecule has 2 aromatic rings. The van der Waals surface area contributed by atoms with E-state index < -0.39 is 0 Å². The van der Waals surface area contributed by atoms with Gasteiger partial charge in [-0.15, -0.1) is 0 Å². The molecule has 1 unspecified atom stereocenters. The van der Waals surface area contributed by atoms with Gasteiger partial charge in [-0.25, -0.2) is 9.97 Å². The molecule has 3 heterocycles. The minimum Gasteiger partial charge on any atom is -0.396 e. The van der Waals surface area contributed by atoms with Gasteiger partial charge >= 0.3 is 0 Å². The van der Waals surface area contributed by atoms with Gasteiger partial charge in [-0.2, -0.15) is 5.26 Å². The predicted octanol–water partition coefficient (Wildman–Crippen LogP) is 3.98. The lowest BCUT2D eigenvalue weighted by Crippen LogP contribution is -2.56. The highest BCUT2D eigenvalue weighted by Gasteiger charge is 2.41. The molecule has 8 nitrogen and oxygen atoms in total. The van der Waals surface area contributed by atoms with Gasteiger partial charge in [-0.1, -0.05) is 18.7 Å². The molecule has 1 amide bonds. The Hall–Kier alpha value is -3.70. The van der Waals surface area contributed by atoms with Crippen molar-refractivity contribution in [3.8, 4) is 6.07 Å². The van der Waals surface area contributed by atoms with E-state index in [0.717, 1.165) is 42.6 Å². The number of hydrogen-bond donors (Lipinski definition) is 2. The monoisotopic (exact) mass is 484 g/mol. The first-order valence-corrected chi connectivity index (χ1v) is 12.7. The summed E-state index contributed by atoms with van der Waals surface area (Å²) < 4.78 is 0. The van der Waals surface area contributed by atoms with Crippen molar-refractivity contribution in [3.05, 3.63) is 59.9 Å². The highest BCUT2D eigenvalue weighted by molar-refractivity contribution is 5.88. The number of rotatable bonds is 9. The molecule has 0 radical (unpaired) electrons. The number of pyridine rings is 2. The third kappa shape index (κ3) is 5.26. The van der Waals surface area contributed by atoms with E-state index in [2.05, 4.69) is 27.8 Å². The number of piperazine rings is 1. The second-order valence-electron chi connectivity index (χ2n) is 9.78. The van der Waals surface area contributed by atoms with Crippen LogP contribution in [0.5, 0.6) is 0 Å². The summed E-state index contributed by atoms with van der Waals surface area (Å²) in [5.74, 6) is 2.27. The number of aromatic nitrogens is 2. The van der Waals surface area contributed by atoms with Gasteiger partial charge in [0.1, 0.15) is 17.7 Å². The van der Waals surface area contributed by atoms with Gasteiger partial charge < -0.3 is 20.2 Å². The molecule has 1 aliphatic heterocycles. The molecular formula is C28H32N6O2. The molecule has 8 heteroatoms. The van der Waals surface area contributed by atoms with Crippen LogP contribution < -0.4 is 10.2 Å². The van der Waals surface area contributed by atoms with Gasteiger partial charge in [0.2, 0.25) is 5.91 Å². The second-order valence-corrected chi connectivity index (χ2v) is 9.78. The Morgan fingerprint density at radius 2 is 2.11 bits per heavy atom. The minimum absolute atomic E-state index is 0.000868. The lowest BCUT2D eigenvalue weighted by Gasteiger charge is -2.42. The first-order valence-electron chi connectivity index (χ1n) is 12.7. The zero-order chi connectivity index (χ0) is 25.1. The standard InChI is InChI=1S/C28H32N6O2/c1-2-19-10-11-30-25(15-19)31-23-16-22(17-29)28(32-27(23)21-8-9-21)33-12-13-34(24(18-33)20-6-7-20)26(36)5-3-4-14-35/h2-3,5,10-11,15-16,20-21,24,35H,1,4,6-9,12-14,18H2,(H,30,31). The molecule has 5 rings (SSSR count). The Labute approximate surface area is 212 Å². The van der Waals surface area contributed by atoms with E-state index in [1.807, 2.05) is 23.1 Å². The summed E-state index contributed by atoms with van der Waals surface area (Å²) >= 11 is 0. The molecule has 3 aliphatic rings. The van der Waals surface area contributed by atoms with E-state index in [-0.39, 0.29) is 18.6 Å². The summed E-state index contributed by atoms with van der Waals surface area (Å²) in [6.07, 6.45) is 11.7. The molecule has 1 saturated heterocycles. The van der Waals surface area contributed by atoms with Crippen molar-refractivity contribution >= 4 is 29.3 Å². The highest BCUT2D eigenvalue weighted by atomic mass is 16.2. The van der Waals surface area contributed by atoms with Crippen molar-refractivity contribution in [1.82, 2.24) is 14.9 Å². The zero-order valence-corrected chi connectivity index (χ0v) is 20.4. The summed E-state index contributed by atoms with van der Waals surface area (Å²) in [5.41, 5.74) is 3.30. The van der Waals surface area contributed by atoms with Crippen molar-refractivity contribution in [3.63, 3.8) is 0 Å². The molecule has 2 aromatic heterocycles. The number of nitriles is 1. The summed E-state index contributed by atoms with van der Waals surface area (Å²) in [6, 6.07) is 8.19. The third-order valence-corrected chi connectivity index (χ3v) is 7.12. The van der Waals surface area contributed by atoms with Crippen LogP contribution in [0.2, 0.25) is 0 Å². The number of amides is 1. The van der Waals surface area contributed by atoms with E-state index in [9.17, 15) is 10.1 Å². The molecule has 2 saturated carbocycles. The van der Waals surface area contributed by atoms with Crippen molar-refractivity contribution in [1.29, 1.82) is 5.26 Å². The number of aliphatic hydroxyl groups is 1. The molecule has 2 N–H and O–H groups in total. The smallest absolute Gasteiger partial charge is 0.246 e. The highest BCUT2D eigenvalue weighted by Crippen LogP contribution is 2.45. The second kappa shape index (κ2) is 10.5.